The van der Waals surface area contributed by atoms with Crippen molar-refractivity contribution in [2.45, 2.75) is 32.6 Å². The molecule has 1 rings (SSSR count). The summed E-state index contributed by atoms with van der Waals surface area (Å²) < 4.78 is 0. The molecular formula is C11H15NO3S. The summed E-state index contributed by atoms with van der Waals surface area (Å²) in [5, 5.41) is 20.2. The number of unbranched alkanes of at least 4 members (excludes halogenated alkanes) is 1. The van der Waals surface area contributed by atoms with Crippen LogP contribution in [0.1, 0.15) is 35.9 Å². The number of aliphatic carboxylic acids is 1. The number of rotatable bonds is 6. The smallest absolute Gasteiger partial charge is 0.303 e. The minimum atomic E-state index is -0.741. The van der Waals surface area contributed by atoms with Gasteiger partial charge in [0.05, 0.1) is 10.6 Å². The molecule has 0 saturated carbocycles. The van der Waals surface area contributed by atoms with Crippen LogP contribution in [0, 0.1) is 0 Å². The number of nitrogens with zero attached hydrogens (tertiary/aromatic N) is 1. The fourth-order valence-electron chi connectivity index (χ4n) is 1.33. The van der Waals surface area contributed by atoms with Crippen molar-refractivity contribution in [3.05, 3.63) is 21.9 Å². The Bertz CT molecular complexity index is 384. The topological polar surface area (TPSA) is 69.9 Å². The van der Waals surface area contributed by atoms with E-state index in [1.165, 1.54) is 4.88 Å². The van der Waals surface area contributed by atoms with E-state index in [2.05, 4.69) is 5.16 Å². The maximum absolute atomic E-state index is 10.3. The second kappa shape index (κ2) is 6.27. The van der Waals surface area contributed by atoms with E-state index < -0.39 is 5.97 Å². The molecule has 0 radical (unpaired) electrons. The number of carboxylic acid groups (broad SMARTS) is 1. The van der Waals surface area contributed by atoms with Crippen molar-refractivity contribution < 1.29 is 15.1 Å². The number of hydrogen-bond acceptors (Lipinski definition) is 4. The Kier molecular flexibility index (Phi) is 4.98. The van der Waals surface area contributed by atoms with Gasteiger partial charge in [-0.2, -0.15) is 0 Å². The molecule has 2 N–H and O–H groups in total. The van der Waals surface area contributed by atoms with Crippen molar-refractivity contribution in [3.8, 4) is 0 Å². The van der Waals surface area contributed by atoms with Gasteiger partial charge in [0.15, 0.2) is 0 Å². The van der Waals surface area contributed by atoms with Crippen LogP contribution in [0.3, 0.4) is 0 Å². The zero-order valence-corrected chi connectivity index (χ0v) is 9.96. The molecule has 88 valence electrons. The van der Waals surface area contributed by atoms with Crippen molar-refractivity contribution >= 4 is 23.0 Å². The molecule has 0 atom stereocenters. The molecule has 0 aliphatic heterocycles. The molecular weight excluding hydrogens is 226 g/mol. The average molecular weight is 241 g/mol. The van der Waals surface area contributed by atoms with Gasteiger partial charge in [0, 0.05) is 11.3 Å². The number of hydrogen-bond donors (Lipinski definition) is 2. The van der Waals surface area contributed by atoms with Crippen LogP contribution in [0.15, 0.2) is 17.3 Å². The van der Waals surface area contributed by atoms with Crippen molar-refractivity contribution in [1.82, 2.24) is 0 Å². The summed E-state index contributed by atoms with van der Waals surface area (Å²) in [5.74, 6) is -0.741. The predicted molar refractivity (Wildman–Crippen MR) is 63.5 cm³/mol. The summed E-state index contributed by atoms with van der Waals surface area (Å²) in [6.07, 6.45) is 2.70. The maximum atomic E-state index is 10.3. The first-order chi connectivity index (χ1) is 7.63. The molecule has 16 heavy (non-hydrogen) atoms. The molecule has 0 saturated heterocycles. The highest BCUT2D eigenvalue weighted by atomic mass is 32.1. The largest absolute Gasteiger partial charge is 0.481 e. The first kappa shape index (κ1) is 12.7. The van der Waals surface area contributed by atoms with Gasteiger partial charge in [-0.3, -0.25) is 4.79 Å². The summed E-state index contributed by atoms with van der Waals surface area (Å²) in [5.41, 5.74) is 0.613. The average Bonchev–Trinajstić information content (AvgIpc) is 2.71. The molecule has 0 bridgehead atoms. The minimum absolute atomic E-state index is 0.232. The molecule has 0 aliphatic carbocycles. The standard InChI is InChI=1S/C11H15NO3S/c1-8(12-15)10-7-6-9(16-10)4-2-3-5-11(13)14/h6-7,15H,2-5H2,1H3,(H,13,14)/b12-8+. The quantitative estimate of drug-likeness (QED) is 0.348. The predicted octanol–water partition coefficient (Wildman–Crippen LogP) is 2.74. The van der Waals surface area contributed by atoms with Crippen molar-refractivity contribution in [2.24, 2.45) is 5.16 Å². The van der Waals surface area contributed by atoms with E-state index in [1.807, 2.05) is 12.1 Å². The number of carboxylic acids is 1. The SMILES string of the molecule is C/C(=N\O)c1ccc(CCCCC(=O)O)s1. The molecule has 4 nitrogen and oxygen atoms in total. The van der Waals surface area contributed by atoms with Gasteiger partial charge in [0.1, 0.15) is 0 Å². The molecule has 0 aliphatic rings. The summed E-state index contributed by atoms with van der Waals surface area (Å²) in [6, 6.07) is 3.92. The van der Waals surface area contributed by atoms with Gasteiger partial charge in [-0.15, -0.1) is 11.3 Å². The Balaban J connectivity index is 2.38. The van der Waals surface area contributed by atoms with Crippen LogP contribution in [0.25, 0.3) is 0 Å². The maximum Gasteiger partial charge on any atom is 0.303 e. The first-order valence-corrected chi connectivity index (χ1v) is 5.94. The van der Waals surface area contributed by atoms with E-state index in [9.17, 15) is 4.79 Å². The molecule has 5 heteroatoms. The third-order valence-electron chi connectivity index (χ3n) is 2.23. The van der Waals surface area contributed by atoms with Gasteiger partial charge in [-0.25, -0.2) is 0 Å². The Morgan fingerprint density at radius 3 is 2.81 bits per heavy atom. The van der Waals surface area contributed by atoms with Crippen LogP contribution in [-0.4, -0.2) is 22.0 Å². The zero-order chi connectivity index (χ0) is 12.0. The summed E-state index contributed by atoms with van der Waals surface area (Å²) in [7, 11) is 0. The van der Waals surface area contributed by atoms with Crippen LogP contribution in [0.5, 0.6) is 0 Å². The van der Waals surface area contributed by atoms with Crippen molar-refractivity contribution in [2.75, 3.05) is 0 Å². The highest BCUT2D eigenvalue weighted by Gasteiger charge is 2.04. The van der Waals surface area contributed by atoms with Gasteiger partial charge >= 0.3 is 5.97 Å². The number of thiophene rings is 1. The Labute approximate surface area is 98.2 Å². The van der Waals surface area contributed by atoms with E-state index >= 15 is 0 Å². The Hall–Kier alpha value is -1.36. The van der Waals surface area contributed by atoms with Crippen molar-refractivity contribution in [3.63, 3.8) is 0 Å². The molecule has 1 aromatic heterocycles. The highest BCUT2D eigenvalue weighted by molar-refractivity contribution is 7.14. The van der Waals surface area contributed by atoms with Gasteiger partial charge in [-0.1, -0.05) is 5.16 Å². The van der Waals surface area contributed by atoms with Gasteiger partial charge in [0.2, 0.25) is 0 Å². The number of oxime groups is 1. The Morgan fingerprint density at radius 1 is 1.44 bits per heavy atom. The lowest BCUT2D eigenvalue weighted by Crippen LogP contribution is -1.94. The van der Waals surface area contributed by atoms with E-state index in [0.29, 0.717) is 12.1 Å². The van der Waals surface area contributed by atoms with Crippen LogP contribution in [0.2, 0.25) is 0 Å². The summed E-state index contributed by atoms with van der Waals surface area (Å²) in [6.45, 7) is 1.75. The van der Waals surface area contributed by atoms with E-state index in [0.717, 1.165) is 17.7 Å². The van der Waals surface area contributed by atoms with Gasteiger partial charge in [-0.05, 0) is 38.3 Å². The van der Waals surface area contributed by atoms with Crippen LogP contribution < -0.4 is 0 Å². The molecule has 0 amide bonds. The van der Waals surface area contributed by atoms with Gasteiger partial charge in [0.25, 0.3) is 0 Å². The second-order valence-electron chi connectivity index (χ2n) is 3.55. The summed E-state index contributed by atoms with van der Waals surface area (Å²) >= 11 is 1.59. The zero-order valence-electron chi connectivity index (χ0n) is 9.14. The highest BCUT2D eigenvalue weighted by Crippen LogP contribution is 2.19. The minimum Gasteiger partial charge on any atom is -0.481 e. The normalized spacial score (nSPS) is 11.7. The third kappa shape index (κ3) is 4.02. The van der Waals surface area contributed by atoms with Crippen LogP contribution in [0.4, 0.5) is 0 Å². The molecule has 0 unspecified atom stereocenters. The molecule has 1 heterocycles. The van der Waals surface area contributed by atoms with E-state index in [4.69, 9.17) is 10.3 Å². The molecule has 1 aromatic rings. The molecule has 0 fully saturated rings. The molecule has 0 aromatic carbocycles. The van der Waals surface area contributed by atoms with E-state index in [-0.39, 0.29) is 6.42 Å². The fourth-order valence-corrected chi connectivity index (χ4v) is 2.32. The fraction of sp³-hybridized carbons (Fsp3) is 0.455. The first-order valence-electron chi connectivity index (χ1n) is 5.13. The van der Waals surface area contributed by atoms with Gasteiger partial charge < -0.3 is 10.3 Å². The number of aryl methyl sites for hydroxylation is 1. The summed E-state index contributed by atoms with van der Waals surface area (Å²) in [4.78, 5) is 12.5. The Morgan fingerprint density at radius 2 is 2.19 bits per heavy atom. The molecule has 0 spiro atoms. The monoisotopic (exact) mass is 241 g/mol. The lowest BCUT2D eigenvalue weighted by molar-refractivity contribution is -0.137. The second-order valence-corrected chi connectivity index (χ2v) is 4.72. The van der Waals surface area contributed by atoms with Crippen LogP contribution >= 0.6 is 11.3 Å². The van der Waals surface area contributed by atoms with E-state index in [1.54, 1.807) is 18.3 Å². The van der Waals surface area contributed by atoms with Crippen LogP contribution in [-0.2, 0) is 11.2 Å². The lowest BCUT2D eigenvalue weighted by Gasteiger charge is -1.96. The third-order valence-corrected chi connectivity index (χ3v) is 3.49. The number of carbonyl (C=O) groups is 1. The lowest BCUT2D eigenvalue weighted by atomic mass is 10.2. The van der Waals surface area contributed by atoms with Crippen molar-refractivity contribution in [1.29, 1.82) is 0 Å².